The number of thioether (sulfide) groups is 1. The highest BCUT2D eigenvalue weighted by molar-refractivity contribution is 8.00. The van der Waals surface area contributed by atoms with E-state index in [4.69, 9.17) is 9.15 Å². The van der Waals surface area contributed by atoms with Crippen LogP contribution in [0.2, 0.25) is 0 Å². The van der Waals surface area contributed by atoms with Gasteiger partial charge < -0.3 is 13.9 Å². The number of furan rings is 1. The predicted octanol–water partition coefficient (Wildman–Crippen LogP) is 9.50. The van der Waals surface area contributed by atoms with Gasteiger partial charge in [0.2, 0.25) is 0 Å². The molecular weight excluding hydrogens is 513 g/mol. The summed E-state index contributed by atoms with van der Waals surface area (Å²) in [6.07, 6.45) is -0.571. The molecule has 4 nitrogen and oxygen atoms in total. The summed E-state index contributed by atoms with van der Waals surface area (Å²) in [5.74, 6) is -0.373. The third-order valence-corrected chi connectivity index (χ3v) is 7.03. The SMILES string of the molecule is C=C(C)C(=O)OC(C)(C)CC(C)Sc1ccc2cc(-c3ccc(CCCCC)cc3OC(F)(F)F)oc2c1. The smallest absolute Gasteiger partial charge is 0.456 e. The molecule has 3 aromatic rings. The Hall–Kier alpha value is -2.87. The summed E-state index contributed by atoms with van der Waals surface area (Å²) in [6, 6.07) is 12.3. The van der Waals surface area contributed by atoms with Crippen LogP contribution >= 0.6 is 11.8 Å². The normalized spacial score (nSPS) is 12.9. The number of carbonyl (C=O) groups is 1. The van der Waals surface area contributed by atoms with Gasteiger partial charge in [-0.1, -0.05) is 39.3 Å². The quantitative estimate of drug-likeness (QED) is 0.0976. The number of ether oxygens (including phenoxy) is 2. The van der Waals surface area contributed by atoms with Gasteiger partial charge in [-0.2, -0.15) is 0 Å². The molecule has 0 amide bonds. The second-order valence-electron chi connectivity index (χ2n) is 10.2. The largest absolute Gasteiger partial charge is 0.573 e. The summed E-state index contributed by atoms with van der Waals surface area (Å²) < 4.78 is 55.5. The van der Waals surface area contributed by atoms with E-state index in [1.165, 1.54) is 6.07 Å². The molecule has 0 spiro atoms. The van der Waals surface area contributed by atoms with Crippen LogP contribution in [0.4, 0.5) is 13.2 Å². The molecule has 0 saturated heterocycles. The van der Waals surface area contributed by atoms with Crippen LogP contribution in [0.5, 0.6) is 5.75 Å². The molecular formula is C30H35F3O4S. The molecule has 0 aliphatic heterocycles. The standard InChI is InChI=1S/C30H35F3O4S/c1-7-8-9-10-21-11-14-24(27(15-21)36-30(31,32)33)26-16-22-12-13-23(17-25(22)35-26)38-20(4)18-29(5,6)37-28(34)19(2)3/h11-17,20H,2,7-10,18H2,1,3-6H3. The van der Waals surface area contributed by atoms with Crippen molar-refractivity contribution in [3.05, 3.63) is 60.2 Å². The third kappa shape index (κ3) is 8.58. The van der Waals surface area contributed by atoms with E-state index in [2.05, 4.69) is 18.2 Å². The Bertz CT molecular complexity index is 1280. The zero-order valence-electron chi connectivity index (χ0n) is 22.5. The number of carbonyl (C=O) groups excluding carboxylic acids is 1. The summed E-state index contributed by atoms with van der Waals surface area (Å²) in [5.41, 5.74) is 1.30. The highest BCUT2D eigenvalue weighted by Gasteiger charge is 2.33. The maximum Gasteiger partial charge on any atom is 0.573 e. The monoisotopic (exact) mass is 548 g/mol. The van der Waals surface area contributed by atoms with Crippen LogP contribution in [0.15, 0.2) is 63.9 Å². The molecule has 1 aromatic heterocycles. The van der Waals surface area contributed by atoms with Crippen molar-refractivity contribution < 1.29 is 31.9 Å². The van der Waals surface area contributed by atoms with Crippen molar-refractivity contribution in [1.29, 1.82) is 0 Å². The Morgan fingerprint density at radius 1 is 1.11 bits per heavy atom. The summed E-state index contributed by atoms with van der Waals surface area (Å²) in [5, 5.41) is 0.888. The van der Waals surface area contributed by atoms with Gasteiger partial charge in [-0.25, -0.2) is 4.79 Å². The number of esters is 1. The Balaban J connectivity index is 1.81. The minimum absolute atomic E-state index is 0.113. The molecule has 0 aliphatic rings. The van der Waals surface area contributed by atoms with Crippen LogP contribution in [-0.4, -0.2) is 23.2 Å². The number of alkyl halides is 3. The number of hydrogen-bond acceptors (Lipinski definition) is 5. The fourth-order valence-electron chi connectivity index (χ4n) is 4.28. The second kappa shape index (κ2) is 12.3. The van der Waals surface area contributed by atoms with Crippen LogP contribution < -0.4 is 4.74 Å². The Labute approximate surface area is 226 Å². The summed E-state index contributed by atoms with van der Waals surface area (Å²) in [6.45, 7) is 13.1. The van der Waals surface area contributed by atoms with E-state index >= 15 is 0 Å². The first-order valence-electron chi connectivity index (χ1n) is 12.7. The molecule has 1 heterocycles. The fourth-order valence-corrected chi connectivity index (χ4v) is 5.55. The van der Waals surface area contributed by atoms with Crippen molar-refractivity contribution in [3.8, 4) is 17.1 Å². The van der Waals surface area contributed by atoms with Crippen molar-refractivity contribution in [2.75, 3.05) is 0 Å². The minimum Gasteiger partial charge on any atom is -0.456 e. The Kier molecular flexibility index (Phi) is 9.63. The van der Waals surface area contributed by atoms with E-state index in [1.807, 2.05) is 45.0 Å². The lowest BCUT2D eigenvalue weighted by molar-refractivity contribution is -0.274. The average Bonchev–Trinajstić information content (AvgIpc) is 3.20. The minimum atomic E-state index is -4.81. The van der Waals surface area contributed by atoms with Crippen LogP contribution in [0.3, 0.4) is 0 Å². The number of benzene rings is 2. The van der Waals surface area contributed by atoms with Crippen LogP contribution in [0, 0.1) is 0 Å². The maximum absolute atomic E-state index is 13.2. The number of halogens is 3. The average molecular weight is 549 g/mol. The van der Waals surface area contributed by atoms with E-state index in [0.29, 0.717) is 29.8 Å². The van der Waals surface area contributed by atoms with Gasteiger partial charge in [0.25, 0.3) is 0 Å². The second-order valence-corrected chi connectivity index (χ2v) is 11.7. The molecule has 38 heavy (non-hydrogen) atoms. The third-order valence-electron chi connectivity index (χ3n) is 5.93. The van der Waals surface area contributed by atoms with Crippen molar-refractivity contribution in [2.24, 2.45) is 0 Å². The number of rotatable bonds is 12. The topological polar surface area (TPSA) is 48.7 Å². The lowest BCUT2D eigenvalue weighted by Crippen LogP contribution is -2.31. The van der Waals surface area contributed by atoms with E-state index in [1.54, 1.807) is 30.8 Å². The van der Waals surface area contributed by atoms with Gasteiger partial charge >= 0.3 is 12.3 Å². The maximum atomic E-state index is 13.2. The summed E-state index contributed by atoms with van der Waals surface area (Å²) in [7, 11) is 0. The first-order chi connectivity index (χ1) is 17.8. The molecule has 0 N–H and O–H groups in total. The lowest BCUT2D eigenvalue weighted by Gasteiger charge is -2.28. The molecule has 206 valence electrons. The zero-order chi connectivity index (χ0) is 28.1. The Morgan fingerprint density at radius 3 is 2.50 bits per heavy atom. The number of aryl methyl sites for hydroxylation is 1. The van der Waals surface area contributed by atoms with Crippen LogP contribution in [0.25, 0.3) is 22.3 Å². The molecule has 0 aliphatic carbocycles. The van der Waals surface area contributed by atoms with Gasteiger partial charge in [-0.3, -0.25) is 0 Å². The summed E-state index contributed by atoms with van der Waals surface area (Å²) >= 11 is 1.60. The van der Waals surface area contributed by atoms with Gasteiger partial charge in [0, 0.05) is 21.1 Å². The highest BCUT2D eigenvalue weighted by Crippen LogP contribution is 2.39. The Morgan fingerprint density at radius 2 is 1.84 bits per heavy atom. The molecule has 1 atom stereocenters. The van der Waals surface area contributed by atoms with E-state index < -0.39 is 17.9 Å². The number of unbranched alkanes of at least 4 members (excludes halogenated alkanes) is 2. The van der Waals surface area contributed by atoms with Crippen LogP contribution in [0.1, 0.15) is 65.9 Å². The molecule has 3 rings (SSSR count). The van der Waals surface area contributed by atoms with Crippen LogP contribution in [-0.2, 0) is 16.0 Å². The first kappa shape index (κ1) is 29.7. The highest BCUT2D eigenvalue weighted by atomic mass is 32.2. The summed E-state index contributed by atoms with van der Waals surface area (Å²) in [4.78, 5) is 12.9. The molecule has 1 unspecified atom stereocenters. The van der Waals surface area contributed by atoms with Crippen molar-refractivity contribution in [2.45, 2.75) is 88.8 Å². The predicted molar refractivity (Wildman–Crippen MR) is 146 cm³/mol. The van der Waals surface area contributed by atoms with Crippen molar-refractivity contribution in [1.82, 2.24) is 0 Å². The molecule has 0 fully saturated rings. The van der Waals surface area contributed by atoms with Crippen molar-refractivity contribution in [3.63, 3.8) is 0 Å². The molecule has 0 bridgehead atoms. The molecule has 0 saturated carbocycles. The molecule has 0 radical (unpaired) electrons. The molecule has 2 aromatic carbocycles. The van der Waals surface area contributed by atoms with Gasteiger partial charge in [0.1, 0.15) is 22.7 Å². The van der Waals surface area contributed by atoms with E-state index in [-0.39, 0.29) is 16.6 Å². The first-order valence-corrected chi connectivity index (χ1v) is 13.6. The van der Waals surface area contributed by atoms with Gasteiger partial charge in [-0.15, -0.1) is 24.9 Å². The van der Waals surface area contributed by atoms with Gasteiger partial charge in [0.15, 0.2) is 0 Å². The van der Waals surface area contributed by atoms with Gasteiger partial charge in [-0.05, 0) is 82.0 Å². The van der Waals surface area contributed by atoms with E-state index in [0.717, 1.165) is 35.1 Å². The zero-order valence-corrected chi connectivity index (χ0v) is 23.4. The van der Waals surface area contributed by atoms with Gasteiger partial charge in [0.05, 0.1) is 5.56 Å². The van der Waals surface area contributed by atoms with E-state index in [9.17, 15) is 18.0 Å². The fraction of sp³-hybridized carbons (Fsp3) is 0.433. The molecule has 8 heteroatoms. The number of hydrogen-bond donors (Lipinski definition) is 0. The van der Waals surface area contributed by atoms with Crippen molar-refractivity contribution >= 4 is 28.7 Å². The number of fused-ring (bicyclic) bond motifs is 1. The lowest BCUT2D eigenvalue weighted by atomic mass is 10.0.